The lowest BCUT2D eigenvalue weighted by Crippen LogP contribution is -2.40. The summed E-state index contributed by atoms with van der Waals surface area (Å²) in [5.74, 6) is -1.71. The van der Waals surface area contributed by atoms with Crippen LogP contribution in [0.3, 0.4) is 0 Å². The van der Waals surface area contributed by atoms with Crippen LogP contribution in [0, 0.1) is 0 Å². The molecule has 1 aromatic carbocycles. The second kappa shape index (κ2) is 11.5. The summed E-state index contributed by atoms with van der Waals surface area (Å²) in [7, 11) is -1.16. The van der Waals surface area contributed by atoms with E-state index in [9.17, 15) is 22.8 Å². The van der Waals surface area contributed by atoms with Gasteiger partial charge in [0.2, 0.25) is 15.9 Å². The maximum Gasteiger partial charge on any atom is 0.325 e. The van der Waals surface area contributed by atoms with Crippen molar-refractivity contribution in [1.29, 1.82) is 0 Å². The Morgan fingerprint density at radius 1 is 0.897 bits per heavy atom. The van der Waals surface area contributed by atoms with Gasteiger partial charge in [-0.2, -0.15) is 4.31 Å². The molecular weight excluding hydrogens is 400 g/mol. The molecule has 0 radical (unpaired) electrons. The van der Waals surface area contributed by atoms with Gasteiger partial charge in [0.25, 0.3) is 0 Å². The molecular formula is C19H28N2O7S. The fraction of sp³-hybridized carbons (Fsp3) is 0.526. The molecule has 0 aromatic heterocycles. The zero-order valence-corrected chi connectivity index (χ0v) is 18.0. The molecule has 0 aliphatic carbocycles. The Hall–Kier alpha value is -2.46. The third kappa shape index (κ3) is 7.13. The molecule has 0 bridgehead atoms. The quantitative estimate of drug-likeness (QED) is 0.480. The molecule has 0 heterocycles. The second-order valence-corrected chi connectivity index (χ2v) is 8.07. The summed E-state index contributed by atoms with van der Waals surface area (Å²) < 4.78 is 35.5. The first-order valence-electron chi connectivity index (χ1n) is 9.20. The molecule has 9 nitrogen and oxygen atoms in total. The Labute approximate surface area is 171 Å². The standard InChI is InChI=1S/C19H28N2O7S/c1-5-21(6-2)29(25,26)16-10-7-15(8-11-16)9-12-17(22)20(13-18(23)27-3)14-19(24)28-4/h7-8,10-11H,5-6,9,12-14H2,1-4H3. The van der Waals surface area contributed by atoms with Gasteiger partial charge in [0, 0.05) is 19.5 Å². The van der Waals surface area contributed by atoms with Crippen LogP contribution < -0.4 is 0 Å². The molecule has 1 aromatic rings. The highest BCUT2D eigenvalue weighted by Crippen LogP contribution is 2.17. The molecule has 0 saturated heterocycles. The number of esters is 2. The second-order valence-electron chi connectivity index (χ2n) is 6.14. The van der Waals surface area contributed by atoms with E-state index in [-0.39, 0.29) is 24.4 Å². The van der Waals surface area contributed by atoms with Crippen LogP contribution in [0.5, 0.6) is 0 Å². The van der Waals surface area contributed by atoms with Crippen LogP contribution in [0.4, 0.5) is 0 Å². The first-order chi connectivity index (χ1) is 13.7. The molecule has 0 saturated carbocycles. The van der Waals surface area contributed by atoms with Gasteiger partial charge in [0.05, 0.1) is 19.1 Å². The summed E-state index contributed by atoms with van der Waals surface area (Å²) in [6.45, 7) is 3.60. The first kappa shape index (κ1) is 24.6. The van der Waals surface area contributed by atoms with E-state index in [1.807, 2.05) is 0 Å². The number of sulfonamides is 1. The van der Waals surface area contributed by atoms with Gasteiger partial charge in [-0.15, -0.1) is 0 Å². The minimum absolute atomic E-state index is 0.0378. The highest BCUT2D eigenvalue weighted by atomic mass is 32.2. The van der Waals surface area contributed by atoms with E-state index in [1.54, 1.807) is 26.0 Å². The van der Waals surface area contributed by atoms with Crippen molar-refractivity contribution in [3.63, 3.8) is 0 Å². The molecule has 0 unspecified atom stereocenters. The third-order valence-electron chi connectivity index (χ3n) is 4.34. The number of hydrogen-bond donors (Lipinski definition) is 0. The number of methoxy groups -OCH3 is 2. The number of amides is 1. The van der Waals surface area contributed by atoms with E-state index in [4.69, 9.17) is 0 Å². The van der Waals surface area contributed by atoms with Crippen LogP contribution in [0.1, 0.15) is 25.8 Å². The van der Waals surface area contributed by atoms with Crippen molar-refractivity contribution in [2.24, 2.45) is 0 Å². The summed E-state index contributed by atoms with van der Waals surface area (Å²) in [4.78, 5) is 36.6. The van der Waals surface area contributed by atoms with Crippen molar-refractivity contribution < 1.29 is 32.3 Å². The molecule has 1 amide bonds. The number of rotatable bonds is 11. The fourth-order valence-electron chi connectivity index (χ4n) is 2.62. The monoisotopic (exact) mass is 428 g/mol. The van der Waals surface area contributed by atoms with Crippen LogP contribution in [-0.4, -0.2) is 75.9 Å². The lowest BCUT2D eigenvalue weighted by Gasteiger charge is -2.20. The lowest BCUT2D eigenvalue weighted by atomic mass is 10.1. The van der Waals surface area contributed by atoms with Crippen LogP contribution in [0.15, 0.2) is 29.2 Å². The molecule has 1 rings (SSSR count). The van der Waals surface area contributed by atoms with E-state index in [0.29, 0.717) is 19.5 Å². The maximum absolute atomic E-state index is 12.5. The molecule has 10 heteroatoms. The normalized spacial score (nSPS) is 11.2. The highest BCUT2D eigenvalue weighted by molar-refractivity contribution is 7.89. The van der Waals surface area contributed by atoms with Gasteiger partial charge in [-0.25, -0.2) is 8.42 Å². The van der Waals surface area contributed by atoms with E-state index in [2.05, 4.69) is 9.47 Å². The van der Waals surface area contributed by atoms with Gasteiger partial charge in [0.15, 0.2) is 0 Å². The topological polar surface area (TPSA) is 110 Å². The molecule has 0 N–H and O–H groups in total. The van der Waals surface area contributed by atoms with Gasteiger partial charge in [-0.05, 0) is 24.1 Å². The molecule has 0 aliphatic heterocycles. The number of carbonyl (C=O) groups excluding carboxylic acids is 3. The molecule has 0 fully saturated rings. The van der Waals surface area contributed by atoms with Gasteiger partial charge < -0.3 is 14.4 Å². The summed E-state index contributed by atoms with van der Waals surface area (Å²) >= 11 is 0. The number of aryl methyl sites for hydroxylation is 1. The molecule has 0 spiro atoms. The number of hydrogen-bond acceptors (Lipinski definition) is 7. The Morgan fingerprint density at radius 2 is 1.38 bits per heavy atom. The van der Waals surface area contributed by atoms with E-state index in [0.717, 1.165) is 10.5 Å². The zero-order chi connectivity index (χ0) is 22.0. The fourth-order valence-corrected chi connectivity index (χ4v) is 4.08. The Bertz CT molecular complexity index is 784. The predicted octanol–water partition coefficient (Wildman–Crippen LogP) is 0.824. The van der Waals surface area contributed by atoms with E-state index < -0.39 is 27.9 Å². The largest absolute Gasteiger partial charge is 0.468 e. The van der Waals surface area contributed by atoms with Gasteiger partial charge in [-0.1, -0.05) is 26.0 Å². The van der Waals surface area contributed by atoms with Crippen molar-refractivity contribution in [2.75, 3.05) is 40.4 Å². The van der Waals surface area contributed by atoms with Crippen molar-refractivity contribution in [2.45, 2.75) is 31.6 Å². The minimum Gasteiger partial charge on any atom is -0.468 e. The number of carbonyl (C=O) groups is 3. The molecule has 0 aliphatic rings. The number of benzene rings is 1. The zero-order valence-electron chi connectivity index (χ0n) is 17.2. The highest BCUT2D eigenvalue weighted by Gasteiger charge is 2.22. The smallest absolute Gasteiger partial charge is 0.325 e. The Morgan fingerprint density at radius 3 is 1.79 bits per heavy atom. The van der Waals surface area contributed by atoms with Crippen molar-refractivity contribution >= 4 is 27.9 Å². The van der Waals surface area contributed by atoms with Gasteiger partial charge in [-0.3, -0.25) is 14.4 Å². The number of nitrogens with zero attached hydrogens (tertiary/aromatic N) is 2. The summed E-state index contributed by atoms with van der Waals surface area (Å²) in [6, 6.07) is 6.31. The van der Waals surface area contributed by atoms with Crippen molar-refractivity contribution in [1.82, 2.24) is 9.21 Å². The average molecular weight is 429 g/mol. The predicted molar refractivity (Wildman–Crippen MR) is 105 cm³/mol. The van der Waals surface area contributed by atoms with E-state index >= 15 is 0 Å². The van der Waals surface area contributed by atoms with Gasteiger partial charge >= 0.3 is 11.9 Å². The van der Waals surface area contributed by atoms with Crippen LogP contribution in [0.2, 0.25) is 0 Å². The Balaban J connectivity index is 2.81. The SMILES string of the molecule is CCN(CC)S(=O)(=O)c1ccc(CCC(=O)N(CC(=O)OC)CC(=O)OC)cc1. The van der Waals surface area contributed by atoms with Crippen molar-refractivity contribution in [3.05, 3.63) is 29.8 Å². The first-order valence-corrected chi connectivity index (χ1v) is 10.6. The minimum atomic E-state index is -3.54. The molecule has 29 heavy (non-hydrogen) atoms. The van der Waals surface area contributed by atoms with Crippen molar-refractivity contribution in [3.8, 4) is 0 Å². The number of ether oxygens (including phenoxy) is 2. The summed E-state index contributed by atoms with van der Waals surface area (Å²) in [6.07, 6.45) is 0.361. The van der Waals surface area contributed by atoms with Crippen LogP contribution in [-0.2, 0) is 40.3 Å². The van der Waals surface area contributed by atoms with E-state index in [1.165, 1.54) is 30.7 Å². The molecule has 0 atom stereocenters. The summed E-state index contributed by atoms with van der Waals surface area (Å²) in [5, 5.41) is 0. The third-order valence-corrected chi connectivity index (χ3v) is 6.41. The summed E-state index contributed by atoms with van der Waals surface area (Å²) in [5.41, 5.74) is 0.757. The average Bonchev–Trinajstić information content (AvgIpc) is 2.72. The van der Waals surface area contributed by atoms with Gasteiger partial charge in [0.1, 0.15) is 13.1 Å². The molecule has 162 valence electrons. The lowest BCUT2D eigenvalue weighted by molar-refractivity contribution is -0.152. The van der Waals surface area contributed by atoms with Crippen LogP contribution in [0.25, 0.3) is 0 Å². The van der Waals surface area contributed by atoms with Crippen LogP contribution >= 0.6 is 0 Å². The maximum atomic E-state index is 12.5. The Kier molecular flexibility index (Phi) is 9.76.